The number of hydrogen-bond donors (Lipinski definition) is 5. The summed E-state index contributed by atoms with van der Waals surface area (Å²) in [5.41, 5.74) is 2.11. The lowest BCUT2D eigenvalue weighted by Gasteiger charge is -2.27. The van der Waals surface area contributed by atoms with E-state index in [9.17, 15) is 29.1 Å². The van der Waals surface area contributed by atoms with Crippen LogP contribution in [0.1, 0.15) is 48.1 Å². The lowest BCUT2D eigenvalue weighted by Crippen LogP contribution is -2.46. The third-order valence-corrected chi connectivity index (χ3v) is 8.62. The average Bonchev–Trinajstić information content (AvgIpc) is 3.60. The van der Waals surface area contributed by atoms with Gasteiger partial charge in [0.2, 0.25) is 11.8 Å². The van der Waals surface area contributed by atoms with Crippen molar-refractivity contribution in [2.45, 2.75) is 45.1 Å². The van der Waals surface area contributed by atoms with Gasteiger partial charge in [-0.2, -0.15) is 5.10 Å². The third kappa shape index (κ3) is 8.03. The number of piperidine rings is 1. The van der Waals surface area contributed by atoms with Crippen molar-refractivity contribution in [2.24, 2.45) is 13.0 Å². The van der Waals surface area contributed by atoms with Crippen LogP contribution in [0.5, 0.6) is 11.5 Å². The number of aromatic amines is 1. The molecule has 0 bridgehead atoms. The second-order valence-corrected chi connectivity index (χ2v) is 12.2. The Bertz CT molecular complexity index is 1980. The molecule has 0 spiro atoms. The van der Waals surface area contributed by atoms with Gasteiger partial charge in [0, 0.05) is 49.5 Å². The maximum atomic E-state index is 12.8. The molecule has 1 fully saturated rings. The highest BCUT2D eigenvalue weighted by molar-refractivity contribution is 5.94. The SMILES string of the molecule is COc1cc(-c2cn(C)c(=O)c3[nH]ncc23)cc(OC)c1COCC(=O)NCC(C)CCNC(=O)c1ccc(=O)n(C2CCC(O)NC2=O)c1. The fraction of sp³-hybridized carbons (Fsp3) is 0.412. The van der Waals surface area contributed by atoms with Crippen molar-refractivity contribution < 1.29 is 33.7 Å². The number of hydrogen-bond acceptors (Lipinski definition) is 10. The minimum absolute atomic E-state index is 0.0254. The lowest BCUT2D eigenvalue weighted by molar-refractivity contribution is -0.130. The Morgan fingerprint density at radius 3 is 2.52 bits per heavy atom. The highest BCUT2D eigenvalue weighted by atomic mass is 16.5. The number of pyridine rings is 2. The summed E-state index contributed by atoms with van der Waals surface area (Å²) < 4.78 is 19.7. The monoisotopic (exact) mass is 691 g/mol. The van der Waals surface area contributed by atoms with Gasteiger partial charge in [-0.15, -0.1) is 0 Å². The average molecular weight is 692 g/mol. The molecule has 16 heteroatoms. The maximum Gasteiger partial charge on any atom is 0.276 e. The quantitative estimate of drug-likeness (QED) is 0.127. The molecule has 3 atom stereocenters. The number of nitrogens with one attached hydrogen (secondary N) is 4. The zero-order valence-electron chi connectivity index (χ0n) is 28.3. The summed E-state index contributed by atoms with van der Waals surface area (Å²) in [6, 6.07) is 5.46. The molecule has 1 aromatic carbocycles. The maximum absolute atomic E-state index is 12.8. The Kier molecular flexibility index (Phi) is 11.3. The molecule has 3 aromatic heterocycles. The molecule has 1 aliphatic heterocycles. The van der Waals surface area contributed by atoms with Crippen LogP contribution in [0, 0.1) is 5.92 Å². The topological polar surface area (TPSA) is 208 Å². The number of benzene rings is 1. The van der Waals surface area contributed by atoms with Gasteiger partial charge in [0.15, 0.2) is 0 Å². The number of fused-ring (bicyclic) bond motifs is 1. The van der Waals surface area contributed by atoms with Crippen LogP contribution in [0.4, 0.5) is 0 Å². The standard InChI is InChI=1S/C34H41N7O9/c1-19(9-10-35-32(45)20-5-8-30(44)41(15-20)25-6-7-28(42)38-33(25)46)13-36-29(43)18-50-17-24-26(48-3)11-21(12-27(24)49-4)23-16-40(2)34(47)31-22(23)14-37-39-31/h5,8,11-12,14-16,19,25,28,42H,6-7,9-10,13,17-18H2,1-4H3,(H,35,45)(H,36,43)(H,37,39)(H,38,46). The highest BCUT2D eigenvalue weighted by Gasteiger charge is 2.29. The number of H-pyrrole nitrogens is 1. The third-order valence-electron chi connectivity index (χ3n) is 8.62. The molecule has 4 heterocycles. The van der Waals surface area contributed by atoms with E-state index in [-0.39, 0.29) is 42.6 Å². The van der Waals surface area contributed by atoms with Crippen molar-refractivity contribution in [2.75, 3.05) is 33.9 Å². The van der Waals surface area contributed by atoms with Crippen LogP contribution >= 0.6 is 0 Å². The fourth-order valence-electron chi connectivity index (χ4n) is 5.81. The molecule has 1 saturated heterocycles. The van der Waals surface area contributed by atoms with Crippen molar-refractivity contribution in [3.8, 4) is 22.6 Å². The molecule has 0 saturated carbocycles. The van der Waals surface area contributed by atoms with E-state index in [1.165, 1.54) is 41.7 Å². The number of aryl methyl sites for hydroxylation is 1. The first-order chi connectivity index (χ1) is 24.0. The predicted octanol–water partition coefficient (Wildman–Crippen LogP) is 0.966. The summed E-state index contributed by atoms with van der Waals surface area (Å²) in [7, 11) is 4.71. The normalized spacial score (nSPS) is 16.5. The van der Waals surface area contributed by atoms with Gasteiger partial charge in [0.25, 0.3) is 17.0 Å². The number of aliphatic hydroxyl groups excluding tert-OH is 1. The molecule has 50 heavy (non-hydrogen) atoms. The van der Waals surface area contributed by atoms with E-state index < -0.39 is 29.6 Å². The van der Waals surface area contributed by atoms with Crippen molar-refractivity contribution in [3.63, 3.8) is 0 Å². The number of amides is 3. The second-order valence-electron chi connectivity index (χ2n) is 12.2. The Labute approximate surface area is 286 Å². The van der Waals surface area contributed by atoms with Crippen molar-refractivity contribution >= 4 is 28.6 Å². The van der Waals surface area contributed by atoms with Crippen LogP contribution < -0.4 is 36.5 Å². The van der Waals surface area contributed by atoms with E-state index in [0.29, 0.717) is 53.9 Å². The van der Waals surface area contributed by atoms with Crippen LogP contribution in [0.3, 0.4) is 0 Å². The van der Waals surface area contributed by atoms with Gasteiger partial charge >= 0.3 is 0 Å². The number of aromatic nitrogens is 4. The molecule has 5 rings (SSSR count). The van der Waals surface area contributed by atoms with Crippen LogP contribution in [-0.4, -0.2) is 82.3 Å². The van der Waals surface area contributed by atoms with Crippen molar-refractivity contribution in [3.05, 3.63) is 74.7 Å². The Morgan fingerprint density at radius 1 is 1.08 bits per heavy atom. The molecule has 5 N–H and O–H groups in total. The van der Waals surface area contributed by atoms with Gasteiger partial charge in [0.05, 0.1) is 38.2 Å². The number of rotatable bonds is 14. The number of ether oxygens (including phenoxy) is 3. The van der Waals surface area contributed by atoms with Crippen LogP contribution in [0.2, 0.25) is 0 Å². The van der Waals surface area contributed by atoms with Gasteiger partial charge in [0.1, 0.15) is 35.9 Å². The lowest BCUT2D eigenvalue weighted by atomic mass is 10.0. The number of methoxy groups -OCH3 is 2. The molecular formula is C34H41N7O9. The summed E-state index contributed by atoms with van der Waals surface area (Å²) in [5.74, 6) is -0.197. The first-order valence-corrected chi connectivity index (χ1v) is 16.1. The minimum Gasteiger partial charge on any atom is -0.496 e. The fourth-order valence-corrected chi connectivity index (χ4v) is 5.81. The van der Waals surface area contributed by atoms with Crippen molar-refractivity contribution in [1.82, 2.24) is 35.3 Å². The van der Waals surface area contributed by atoms with E-state index in [4.69, 9.17) is 14.2 Å². The van der Waals surface area contributed by atoms with Gasteiger partial charge < -0.3 is 44.4 Å². The molecule has 0 aliphatic carbocycles. The van der Waals surface area contributed by atoms with Crippen LogP contribution in [0.15, 0.2) is 52.4 Å². The Hall–Kier alpha value is -5.48. The molecule has 3 unspecified atom stereocenters. The van der Waals surface area contributed by atoms with E-state index in [1.54, 1.807) is 19.4 Å². The Balaban J connectivity index is 1.09. The second kappa shape index (κ2) is 15.8. The first kappa shape index (κ1) is 35.8. The smallest absolute Gasteiger partial charge is 0.276 e. The molecule has 16 nitrogen and oxygen atoms in total. The van der Waals surface area contributed by atoms with E-state index in [2.05, 4.69) is 26.1 Å². The molecular weight excluding hydrogens is 650 g/mol. The summed E-state index contributed by atoms with van der Waals surface area (Å²) in [6.45, 7) is 2.44. The number of carbonyl (C=O) groups excluding carboxylic acids is 3. The van der Waals surface area contributed by atoms with Crippen LogP contribution in [0.25, 0.3) is 22.0 Å². The predicted molar refractivity (Wildman–Crippen MR) is 182 cm³/mol. The summed E-state index contributed by atoms with van der Waals surface area (Å²) in [6.07, 6.45) is 4.86. The zero-order chi connectivity index (χ0) is 35.9. The van der Waals surface area contributed by atoms with Gasteiger partial charge in [-0.25, -0.2) is 0 Å². The van der Waals surface area contributed by atoms with Gasteiger partial charge in [-0.3, -0.25) is 29.1 Å². The van der Waals surface area contributed by atoms with E-state index >= 15 is 0 Å². The summed E-state index contributed by atoms with van der Waals surface area (Å²) >= 11 is 0. The number of nitrogens with zero attached hydrogens (tertiary/aromatic N) is 3. The summed E-state index contributed by atoms with van der Waals surface area (Å²) in [4.78, 5) is 62.5. The molecule has 0 radical (unpaired) electrons. The van der Waals surface area contributed by atoms with Crippen LogP contribution in [-0.2, 0) is 28.0 Å². The van der Waals surface area contributed by atoms with Gasteiger partial charge in [-0.1, -0.05) is 6.92 Å². The molecule has 3 amide bonds. The van der Waals surface area contributed by atoms with E-state index in [0.717, 1.165) is 11.1 Å². The van der Waals surface area contributed by atoms with Crippen molar-refractivity contribution in [1.29, 1.82) is 0 Å². The number of carbonyl (C=O) groups is 3. The minimum atomic E-state index is -0.950. The number of aliphatic hydroxyl groups is 1. The zero-order valence-corrected chi connectivity index (χ0v) is 28.3. The van der Waals surface area contributed by atoms with Gasteiger partial charge in [-0.05, 0) is 48.9 Å². The molecule has 1 aliphatic rings. The Morgan fingerprint density at radius 2 is 1.82 bits per heavy atom. The molecule has 4 aromatic rings. The molecule has 266 valence electrons. The highest BCUT2D eigenvalue weighted by Crippen LogP contribution is 2.37. The first-order valence-electron chi connectivity index (χ1n) is 16.1. The largest absolute Gasteiger partial charge is 0.496 e. The van der Waals surface area contributed by atoms with E-state index in [1.807, 2.05) is 19.1 Å². The summed E-state index contributed by atoms with van der Waals surface area (Å²) in [5, 5.41) is 25.1.